The number of imide groups is 1. The van der Waals surface area contributed by atoms with E-state index in [4.69, 9.17) is 4.74 Å². The third-order valence-corrected chi connectivity index (χ3v) is 5.18. The third kappa shape index (κ3) is 5.48. The van der Waals surface area contributed by atoms with Gasteiger partial charge in [-0.3, -0.25) is 19.3 Å². The summed E-state index contributed by atoms with van der Waals surface area (Å²) in [5.74, 6) is -0.0369. The number of nitrogens with one attached hydrogen (secondary N) is 1. The number of hydrogen-bond donors (Lipinski definition) is 1. The van der Waals surface area contributed by atoms with Crippen molar-refractivity contribution in [1.29, 1.82) is 0 Å². The van der Waals surface area contributed by atoms with Crippen LogP contribution in [0.4, 0.5) is 4.79 Å². The SMILES string of the molecule is Cc1cccc(OC(C)C(=O)NCCN2C(=O)S/C(=C\c3ccccc3)C2=O)c1. The van der Waals surface area contributed by atoms with Gasteiger partial charge in [0.15, 0.2) is 6.10 Å². The highest BCUT2D eigenvalue weighted by molar-refractivity contribution is 8.18. The van der Waals surface area contributed by atoms with Gasteiger partial charge in [0.05, 0.1) is 4.91 Å². The fourth-order valence-electron chi connectivity index (χ4n) is 2.77. The summed E-state index contributed by atoms with van der Waals surface area (Å²) in [5.41, 5.74) is 1.89. The first-order chi connectivity index (χ1) is 13.9. The summed E-state index contributed by atoms with van der Waals surface area (Å²) < 4.78 is 5.63. The van der Waals surface area contributed by atoms with Gasteiger partial charge in [-0.25, -0.2) is 0 Å². The molecule has 6 nitrogen and oxygen atoms in total. The molecule has 1 fully saturated rings. The topological polar surface area (TPSA) is 75.7 Å². The molecule has 1 aliphatic rings. The van der Waals surface area contributed by atoms with Crippen molar-refractivity contribution in [3.05, 3.63) is 70.6 Å². The van der Waals surface area contributed by atoms with Crippen molar-refractivity contribution in [2.45, 2.75) is 20.0 Å². The largest absolute Gasteiger partial charge is 0.481 e. The number of amides is 3. The molecule has 29 heavy (non-hydrogen) atoms. The van der Waals surface area contributed by atoms with Crippen LogP contribution in [0.25, 0.3) is 6.08 Å². The van der Waals surface area contributed by atoms with Crippen LogP contribution in [0.2, 0.25) is 0 Å². The fraction of sp³-hybridized carbons (Fsp3) is 0.227. The molecule has 0 radical (unpaired) electrons. The Morgan fingerprint density at radius 3 is 2.66 bits per heavy atom. The summed E-state index contributed by atoms with van der Waals surface area (Å²) in [7, 11) is 0. The molecule has 2 aromatic rings. The second-order valence-electron chi connectivity index (χ2n) is 6.61. The van der Waals surface area contributed by atoms with Crippen LogP contribution >= 0.6 is 11.8 Å². The molecule has 0 saturated carbocycles. The molecular weight excluding hydrogens is 388 g/mol. The van der Waals surface area contributed by atoms with Gasteiger partial charge in [0, 0.05) is 13.1 Å². The van der Waals surface area contributed by atoms with Crippen molar-refractivity contribution < 1.29 is 19.1 Å². The maximum Gasteiger partial charge on any atom is 0.293 e. The molecule has 3 rings (SSSR count). The summed E-state index contributed by atoms with van der Waals surface area (Å²) in [6.07, 6.45) is 1.01. The number of rotatable bonds is 7. The number of hydrogen-bond acceptors (Lipinski definition) is 5. The Morgan fingerprint density at radius 1 is 1.17 bits per heavy atom. The van der Waals surface area contributed by atoms with E-state index < -0.39 is 6.10 Å². The van der Waals surface area contributed by atoms with Crippen molar-refractivity contribution in [2.75, 3.05) is 13.1 Å². The molecule has 0 spiro atoms. The highest BCUT2D eigenvalue weighted by Crippen LogP contribution is 2.31. The minimum absolute atomic E-state index is 0.111. The Kier molecular flexibility index (Phi) is 6.72. The van der Waals surface area contributed by atoms with Gasteiger partial charge in [-0.15, -0.1) is 0 Å². The van der Waals surface area contributed by atoms with Crippen molar-refractivity contribution in [3.8, 4) is 5.75 Å². The molecule has 0 bridgehead atoms. The summed E-state index contributed by atoms with van der Waals surface area (Å²) in [5, 5.41) is 2.37. The number of aryl methyl sites for hydroxylation is 1. The molecule has 1 unspecified atom stereocenters. The fourth-order valence-corrected chi connectivity index (χ4v) is 3.64. The number of carbonyl (C=O) groups is 3. The van der Waals surface area contributed by atoms with Gasteiger partial charge in [-0.2, -0.15) is 0 Å². The third-order valence-electron chi connectivity index (χ3n) is 4.28. The van der Waals surface area contributed by atoms with Crippen molar-refractivity contribution >= 4 is 34.9 Å². The van der Waals surface area contributed by atoms with Gasteiger partial charge >= 0.3 is 0 Å². The summed E-state index contributed by atoms with van der Waals surface area (Å²) in [6, 6.07) is 16.8. The monoisotopic (exact) mass is 410 g/mol. The van der Waals surface area contributed by atoms with Crippen LogP contribution in [0.1, 0.15) is 18.1 Å². The number of nitrogens with zero attached hydrogens (tertiary/aromatic N) is 1. The molecule has 3 amide bonds. The molecule has 1 N–H and O–H groups in total. The van der Waals surface area contributed by atoms with Crippen LogP contribution in [-0.4, -0.2) is 41.1 Å². The van der Waals surface area contributed by atoms with E-state index in [0.29, 0.717) is 10.7 Å². The predicted octanol–water partition coefficient (Wildman–Crippen LogP) is 3.62. The lowest BCUT2D eigenvalue weighted by Crippen LogP contribution is -2.41. The van der Waals surface area contributed by atoms with Crippen LogP contribution < -0.4 is 10.1 Å². The second-order valence-corrected chi connectivity index (χ2v) is 7.60. The Balaban J connectivity index is 1.50. The average molecular weight is 410 g/mol. The van der Waals surface area contributed by atoms with E-state index in [0.717, 1.165) is 27.8 Å². The van der Waals surface area contributed by atoms with E-state index in [-0.39, 0.29) is 30.1 Å². The smallest absolute Gasteiger partial charge is 0.293 e. The van der Waals surface area contributed by atoms with E-state index in [2.05, 4.69) is 5.32 Å². The zero-order valence-electron chi connectivity index (χ0n) is 16.3. The van der Waals surface area contributed by atoms with Gasteiger partial charge in [0.1, 0.15) is 5.75 Å². The number of carbonyl (C=O) groups excluding carboxylic acids is 3. The highest BCUT2D eigenvalue weighted by atomic mass is 32.2. The number of benzene rings is 2. The molecule has 0 aromatic heterocycles. The Labute approximate surface area is 173 Å². The quantitative estimate of drug-likeness (QED) is 0.706. The predicted molar refractivity (Wildman–Crippen MR) is 113 cm³/mol. The lowest BCUT2D eigenvalue weighted by atomic mass is 10.2. The number of ether oxygens (including phenoxy) is 1. The first-order valence-corrected chi connectivity index (χ1v) is 10.1. The van der Waals surface area contributed by atoms with Crippen molar-refractivity contribution in [1.82, 2.24) is 10.2 Å². The molecule has 7 heteroatoms. The minimum atomic E-state index is -0.690. The normalized spacial score (nSPS) is 16.2. The summed E-state index contributed by atoms with van der Waals surface area (Å²) in [4.78, 5) is 38.4. The van der Waals surface area contributed by atoms with Gasteiger partial charge in [0.2, 0.25) is 0 Å². The lowest BCUT2D eigenvalue weighted by molar-refractivity contribution is -0.128. The van der Waals surface area contributed by atoms with Gasteiger partial charge in [-0.1, -0.05) is 42.5 Å². The van der Waals surface area contributed by atoms with Gasteiger partial charge in [-0.05, 0) is 54.9 Å². The highest BCUT2D eigenvalue weighted by Gasteiger charge is 2.34. The Hall–Kier alpha value is -3.06. The van der Waals surface area contributed by atoms with Gasteiger partial charge in [0.25, 0.3) is 17.1 Å². The van der Waals surface area contributed by atoms with Crippen LogP contribution in [0.3, 0.4) is 0 Å². The van der Waals surface area contributed by atoms with Gasteiger partial charge < -0.3 is 10.1 Å². The second kappa shape index (κ2) is 9.43. The Morgan fingerprint density at radius 2 is 1.93 bits per heavy atom. The van der Waals surface area contributed by atoms with Crippen LogP contribution in [0, 0.1) is 6.92 Å². The number of thioether (sulfide) groups is 1. The molecule has 1 aliphatic heterocycles. The molecule has 1 heterocycles. The van der Waals surface area contributed by atoms with E-state index >= 15 is 0 Å². The molecule has 1 saturated heterocycles. The van der Waals surface area contributed by atoms with Crippen LogP contribution in [0.15, 0.2) is 59.5 Å². The van der Waals surface area contributed by atoms with E-state index in [1.165, 1.54) is 0 Å². The zero-order valence-corrected chi connectivity index (χ0v) is 17.1. The summed E-state index contributed by atoms with van der Waals surface area (Å²) in [6.45, 7) is 3.87. The molecule has 1 atom stereocenters. The molecule has 150 valence electrons. The summed E-state index contributed by atoms with van der Waals surface area (Å²) >= 11 is 0.906. The average Bonchev–Trinajstić information content (AvgIpc) is 2.96. The van der Waals surface area contributed by atoms with E-state index in [1.807, 2.05) is 55.5 Å². The Bertz CT molecular complexity index is 943. The van der Waals surface area contributed by atoms with Crippen molar-refractivity contribution in [2.24, 2.45) is 0 Å². The zero-order chi connectivity index (χ0) is 20.8. The van der Waals surface area contributed by atoms with Crippen LogP contribution in [0.5, 0.6) is 5.75 Å². The molecule has 0 aliphatic carbocycles. The first kappa shape index (κ1) is 20.7. The molecular formula is C22H22N2O4S. The van der Waals surface area contributed by atoms with E-state index in [1.54, 1.807) is 19.1 Å². The lowest BCUT2D eigenvalue weighted by Gasteiger charge is -2.17. The van der Waals surface area contributed by atoms with Crippen LogP contribution in [-0.2, 0) is 9.59 Å². The van der Waals surface area contributed by atoms with Crippen molar-refractivity contribution in [3.63, 3.8) is 0 Å². The maximum absolute atomic E-state index is 12.5. The maximum atomic E-state index is 12.5. The minimum Gasteiger partial charge on any atom is -0.481 e. The molecule has 2 aromatic carbocycles. The first-order valence-electron chi connectivity index (χ1n) is 9.25. The van der Waals surface area contributed by atoms with E-state index in [9.17, 15) is 14.4 Å². The standard InChI is InChI=1S/C22H22N2O4S/c1-15-7-6-10-18(13-15)28-16(2)20(25)23-11-12-24-21(26)19(29-22(24)27)14-17-8-4-3-5-9-17/h3-10,13-14,16H,11-12H2,1-2H3,(H,23,25)/b19-14-.